The van der Waals surface area contributed by atoms with Crippen LogP contribution in [-0.4, -0.2) is 10.0 Å². The van der Waals surface area contributed by atoms with E-state index < -0.39 is 4.92 Å². The number of para-hydroxylation sites is 2. The van der Waals surface area contributed by atoms with Crippen LogP contribution < -0.4 is 5.32 Å². The first kappa shape index (κ1) is 12.4. The number of aromatic hydroxyl groups is 1. The lowest BCUT2D eigenvalue weighted by Gasteiger charge is -2.05. The van der Waals surface area contributed by atoms with Crippen LogP contribution in [0.15, 0.2) is 48.5 Å². The van der Waals surface area contributed by atoms with Gasteiger partial charge in [-0.3, -0.25) is 10.1 Å². The third kappa shape index (κ3) is 2.06. The van der Waals surface area contributed by atoms with Crippen LogP contribution in [0.3, 0.4) is 0 Å². The van der Waals surface area contributed by atoms with E-state index in [0.29, 0.717) is 16.1 Å². The van der Waals surface area contributed by atoms with Gasteiger partial charge in [0.2, 0.25) is 0 Å². The SMILES string of the molecule is O=[N+]([O-])c1c(Nc2ccccc2O)sc2ccccc12. The lowest BCUT2D eigenvalue weighted by atomic mass is 10.2. The van der Waals surface area contributed by atoms with Crippen molar-refractivity contribution in [3.8, 4) is 5.75 Å². The summed E-state index contributed by atoms with van der Waals surface area (Å²) in [7, 11) is 0. The van der Waals surface area contributed by atoms with Crippen LogP contribution in [-0.2, 0) is 0 Å². The maximum absolute atomic E-state index is 11.3. The molecule has 2 N–H and O–H groups in total. The summed E-state index contributed by atoms with van der Waals surface area (Å²) < 4.78 is 0.831. The zero-order chi connectivity index (χ0) is 14.1. The molecular weight excluding hydrogens is 276 g/mol. The molecule has 20 heavy (non-hydrogen) atoms. The number of nitrogens with zero attached hydrogens (tertiary/aromatic N) is 1. The van der Waals surface area contributed by atoms with Crippen LogP contribution in [0.1, 0.15) is 0 Å². The summed E-state index contributed by atoms with van der Waals surface area (Å²) in [4.78, 5) is 10.9. The van der Waals surface area contributed by atoms with E-state index in [2.05, 4.69) is 5.32 Å². The normalized spacial score (nSPS) is 10.6. The molecule has 0 spiro atoms. The van der Waals surface area contributed by atoms with E-state index >= 15 is 0 Å². The second kappa shape index (κ2) is 4.82. The number of rotatable bonds is 3. The molecule has 3 aromatic rings. The Kier molecular flexibility index (Phi) is 3.00. The fraction of sp³-hybridized carbons (Fsp3) is 0. The van der Waals surface area contributed by atoms with Crippen LogP contribution in [0.25, 0.3) is 10.1 Å². The van der Waals surface area contributed by atoms with Gasteiger partial charge in [0.05, 0.1) is 16.0 Å². The molecule has 0 aliphatic rings. The second-order valence-corrected chi connectivity index (χ2v) is 5.23. The van der Waals surface area contributed by atoms with E-state index in [4.69, 9.17) is 0 Å². The standard InChI is InChI=1S/C14H10N2O3S/c17-11-7-3-2-6-10(11)15-14-13(16(18)19)9-5-1-4-8-12(9)20-14/h1-8,15,17H. The van der Waals surface area contributed by atoms with E-state index in [1.807, 2.05) is 12.1 Å². The second-order valence-electron chi connectivity index (χ2n) is 4.18. The Morgan fingerprint density at radius 1 is 1.10 bits per heavy atom. The maximum Gasteiger partial charge on any atom is 0.311 e. The molecular formula is C14H10N2O3S. The molecule has 3 rings (SSSR count). The van der Waals surface area contributed by atoms with E-state index in [1.54, 1.807) is 30.3 Å². The third-order valence-corrected chi connectivity index (χ3v) is 3.98. The van der Waals surface area contributed by atoms with Gasteiger partial charge in [0.25, 0.3) is 0 Å². The Labute approximate surface area is 118 Å². The van der Waals surface area contributed by atoms with E-state index in [0.717, 1.165) is 4.70 Å². The average Bonchev–Trinajstić information content (AvgIpc) is 2.79. The van der Waals surface area contributed by atoms with Crippen molar-refractivity contribution in [1.29, 1.82) is 0 Å². The molecule has 1 aromatic heterocycles. The lowest BCUT2D eigenvalue weighted by Crippen LogP contribution is -1.93. The highest BCUT2D eigenvalue weighted by Gasteiger charge is 2.22. The monoisotopic (exact) mass is 286 g/mol. The van der Waals surface area contributed by atoms with Gasteiger partial charge < -0.3 is 10.4 Å². The number of nitrogens with one attached hydrogen (secondary N) is 1. The van der Waals surface area contributed by atoms with Crippen molar-refractivity contribution in [1.82, 2.24) is 0 Å². The minimum absolute atomic E-state index is 0.0360. The number of nitro groups is 1. The molecule has 100 valence electrons. The number of fused-ring (bicyclic) bond motifs is 1. The topological polar surface area (TPSA) is 75.4 Å². The van der Waals surface area contributed by atoms with Crippen molar-refractivity contribution in [2.75, 3.05) is 5.32 Å². The van der Waals surface area contributed by atoms with Crippen LogP contribution >= 0.6 is 11.3 Å². The molecule has 0 aliphatic carbocycles. The average molecular weight is 286 g/mol. The summed E-state index contributed by atoms with van der Waals surface area (Å²) in [5.74, 6) is 0.0549. The Morgan fingerprint density at radius 3 is 2.55 bits per heavy atom. The first-order valence-electron chi connectivity index (χ1n) is 5.88. The lowest BCUT2D eigenvalue weighted by molar-refractivity contribution is -0.381. The highest BCUT2D eigenvalue weighted by Crippen LogP contribution is 2.43. The van der Waals surface area contributed by atoms with Crippen LogP contribution in [0.5, 0.6) is 5.75 Å². The third-order valence-electron chi connectivity index (χ3n) is 2.90. The quantitative estimate of drug-likeness (QED) is 0.428. The minimum atomic E-state index is -0.402. The molecule has 0 radical (unpaired) electrons. The molecule has 0 amide bonds. The van der Waals surface area contributed by atoms with Crippen molar-refractivity contribution in [3.63, 3.8) is 0 Å². The number of benzene rings is 2. The Balaban J connectivity index is 2.14. The largest absolute Gasteiger partial charge is 0.506 e. The number of anilines is 2. The van der Waals surface area contributed by atoms with Crippen molar-refractivity contribution < 1.29 is 10.0 Å². The zero-order valence-electron chi connectivity index (χ0n) is 10.2. The first-order valence-corrected chi connectivity index (χ1v) is 6.69. The number of thiophene rings is 1. The summed E-state index contributed by atoms with van der Waals surface area (Å²) in [5.41, 5.74) is 0.482. The number of hydrogen-bond acceptors (Lipinski definition) is 5. The number of phenolic OH excluding ortho intramolecular Hbond substituents is 1. The molecule has 0 atom stereocenters. The summed E-state index contributed by atoms with van der Waals surface area (Å²) in [5, 5.41) is 25.0. The highest BCUT2D eigenvalue weighted by molar-refractivity contribution is 7.23. The van der Waals surface area contributed by atoms with Gasteiger partial charge in [0.15, 0.2) is 5.00 Å². The van der Waals surface area contributed by atoms with E-state index in [1.165, 1.54) is 17.4 Å². The van der Waals surface area contributed by atoms with Crippen LogP contribution in [0, 0.1) is 10.1 Å². The fourth-order valence-corrected chi connectivity index (χ4v) is 3.08. The molecule has 0 saturated carbocycles. The van der Waals surface area contributed by atoms with Gasteiger partial charge in [0, 0.05) is 4.70 Å². The molecule has 1 heterocycles. The molecule has 0 saturated heterocycles. The van der Waals surface area contributed by atoms with Gasteiger partial charge in [-0.25, -0.2) is 0 Å². The predicted octanol–water partition coefficient (Wildman–Crippen LogP) is 4.26. The number of phenols is 1. The van der Waals surface area contributed by atoms with Crippen molar-refractivity contribution >= 4 is 37.8 Å². The molecule has 0 aliphatic heterocycles. The van der Waals surface area contributed by atoms with Gasteiger partial charge >= 0.3 is 5.69 Å². The van der Waals surface area contributed by atoms with Gasteiger partial charge in [-0.2, -0.15) is 0 Å². The summed E-state index contributed by atoms with van der Waals surface area (Å²) in [6.07, 6.45) is 0. The Hall–Kier alpha value is -2.60. The maximum atomic E-state index is 11.3. The van der Waals surface area contributed by atoms with Gasteiger partial charge in [-0.1, -0.05) is 24.3 Å². The summed E-state index contributed by atoms with van der Waals surface area (Å²) in [6, 6.07) is 13.8. The molecule has 0 bridgehead atoms. The molecule has 2 aromatic carbocycles. The minimum Gasteiger partial charge on any atom is -0.506 e. The Morgan fingerprint density at radius 2 is 1.80 bits per heavy atom. The zero-order valence-corrected chi connectivity index (χ0v) is 11.1. The van der Waals surface area contributed by atoms with Gasteiger partial charge in [-0.05, 0) is 24.3 Å². The molecule has 0 fully saturated rings. The Bertz CT molecular complexity index is 798. The molecule has 0 unspecified atom stereocenters. The van der Waals surface area contributed by atoms with Gasteiger partial charge in [-0.15, -0.1) is 11.3 Å². The number of hydrogen-bond donors (Lipinski definition) is 2. The van der Waals surface area contributed by atoms with Crippen LogP contribution in [0.4, 0.5) is 16.4 Å². The highest BCUT2D eigenvalue weighted by atomic mass is 32.1. The smallest absolute Gasteiger partial charge is 0.311 e. The molecule has 5 nitrogen and oxygen atoms in total. The van der Waals surface area contributed by atoms with Crippen molar-refractivity contribution in [3.05, 3.63) is 58.6 Å². The molecule has 6 heteroatoms. The van der Waals surface area contributed by atoms with E-state index in [-0.39, 0.29) is 11.4 Å². The predicted molar refractivity (Wildman–Crippen MR) is 79.9 cm³/mol. The van der Waals surface area contributed by atoms with Crippen molar-refractivity contribution in [2.45, 2.75) is 0 Å². The van der Waals surface area contributed by atoms with E-state index in [9.17, 15) is 15.2 Å². The fourth-order valence-electron chi connectivity index (χ4n) is 2.00. The van der Waals surface area contributed by atoms with Gasteiger partial charge in [0.1, 0.15) is 5.75 Å². The van der Waals surface area contributed by atoms with Crippen molar-refractivity contribution in [2.24, 2.45) is 0 Å². The summed E-state index contributed by atoms with van der Waals surface area (Å²) in [6.45, 7) is 0. The first-order chi connectivity index (χ1) is 9.66. The van der Waals surface area contributed by atoms with Crippen LogP contribution in [0.2, 0.25) is 0 Å². The summed E-state index contributed by atoms with van der Waals surface area (Å²) >= 11 is 1.29.